The zero-order valence-corrected chi connectivity index (χ0v) is 12.0. The first-order valence-electron chi connectivity index (χ1n) is 6.30. The van der Waals surface area contributed by atoms with Crippen LogP contribution in [0.15, 0.2) is 6.07 Å². The Morgan fingerprint density at radius 3 is 2.94 bits per heavy atom. The van der Waals surface area contributed by atoms with E-state index in [0.29, 0.717) is 5.56 Å². The average Bonchev–Trinajstić information content (AvgIpc) is 2.73. The molecule has 0 aromatic carbocycles. The van der Waals surface area contributed by atoms with Crippen LogP contribution in [-0.4, -0.2) is 22.0 Å². The van der Waals surface area contributed by atoms with Gasteiger partial charge in [-0.1, -0.05) is 0 Å². The van der Waals surface area contributed by atoms with E-state index in [0.717, 1.165) is 23.6 Å². The van der Waals surface area contributed by atoms with Crippen molar-refractivity contribution in [2.75, 3.05) is 17.6 Å². The summed E-state index contributed by atoms with van der Waals surface area (Å²) in [4.78, 5) is 4.45. The Hall–Kier alpha value is -1.21. The molecule has 1 unspecified atom stereocenters. The van der Waals surface area contributed by atoms with E-state index in [-0.39, 0.29) is 4.75 Å². The van der Waals surface area contributed by atoms with Crippen molar-refractivity contribution >= 4 is 17.6 Å². The van der Waals surface area contributed by atoms with Gasteiger partial charge in [0.25, 0.3) is 0 Å². The number of nitrogens with zero attached hydrogens (tertiary/aromatic N) is 2. The van der Waals surface area contributed by atoms with Gasteiger partial charge in [0, 0.05) is 17.0 Å². The van der Waals surface area contributed by atoms with Gasteiger partial charge >= 0.3 is 0 Å². The van der Waals surface area contributed by atoms with E-state index in [2.05, 4.69) is 23.3 Å². The molecule has 1 atom stereocenters. The molecule has 0 radical (unpaired) electrons. The monoisotopic (exact) mass is 261 g/mol. The number of nitrogens with one attached hydrogen (secondary N) is 1. The summed E-state index contributed by atoms with van der Waals surface area (Å²) in [5.74, 6) is 1.98. The van der Waals surface area contributed by atoms with Crippen molar-refractivity contribution in [1.82, 2.24) is 4.98 Å². The van der Waals surface area contributed by atoms with Gasteiger partial charge in [0.05, 0.1) is 5.56 Å². The van der Waals surface area contributed by atoms with Crippen molar-refractivity contribution < 1.29 is 0 Å². The second-order valence-corrected chi connectivity index (χ2v) is 6.85. The Morgan fingerprint density at radius 2 is 2.33 bits per heavy atom. The van der Waals surface area contributed by atoms with Gasteiger partial charge in [-0.3, -0.25) is 0 Å². The van der Waals surface area contributed by atoms with Crippen LogP contribution in [0, 0.1) is 25.2 Å². The zero-order chi connectivity index (χ0) is 13.2. The van der Waals surface area contributed by atoms with Crippen molar-refractivity contribution in [2.24, 2.45) is 0 Å². The van der Waals surface area contributed by atoms with Crippen LogP contribution in [0.3, 0.4) is 0 Å². The normalized spacial score (nSPS) is 22.8. The van der Waals surface area contributed by atoms with Gasteiger partial charge in [0.2, 0.25) is 0 Å². The molecule has 1 aliphatic heterocycles. The van der Waals surface area contributed by atoms with Crippen LogP contribution in [0.25, 0.3) is 0 Å². The number of aryl methyl sites for hydroxylation is 2. The number of pyridine rings is 1. The number of rotatable bonds is 3. The van der Waals surface area contributed by atoms with Gasteiger partial charge in [-0.05, 0) is 51.0 Å². The summed E-state index contributed by atoms with van der Waals surface area (Å²) < 4.78 is 0.284. The molecule has 1 aromatic heterocycles. The predicted molar refractivity (Wildman–Crippen MR) is 77.0 cm³/mol. The van der Waals surface area contributed by atoms with Crippen molar-refractivity contribution in [3.63, 3.8) is 0 Å². The summed E-state index contributed by atoms with van der Waals surface area (Å²) in [6, 6.07) is 4.20. The summed E-state index contributed by atoms with van der Waals surface area (Å²) in [5, 5.41) is 12.6. The first kappa shape index (κ1) is 13.2. The van der Waals surface area contributed by atoms with E-state index >= 15 is 0 Å². The molecule has 4 heteroatoms. The third-order valence-electron chi connectivity index (χ3n) is 3.39. The number of thioether (sulfide) groups is 1. The lowest BCUT2D eigenvalue weighted by molar-refractivity contribution is 0.633. The van der Waals surface area contributed by atoms with Crippen LogP contribution in [0.1, 0.15) is 36.6 Å². The number of aromatic nitrogens is 1. The number of hydrogen-bond acceptors (Lipinski definition) is 4. The minimum absolute atomic E-state index is 0.284. The highest BCUT2D eigenvalue weighted by Gasteiger charge is 2.29. The summed E-state index contributed by atoms with van der Waals surface area (Å²) >= 11 is 2.01. The minimum atomic E-state index is 0.284. The molecular weight excluding hydrogens is 242 g/mol. The van der Waals surface area contributed by atoms with E-state index in [1.165, 1.54) is 18.6 Å². The van der Waals surface area contributed by atoms with Crippen molar-refractivity contribution in [1.29, 1.82) is 5.26 Å². The molecule has 1 saturated heterocycles. The number of anilines is 1. The van der Waals surface area contributed by atoms with E-state index < -0.39 is 0 Å². The minimum Gasteiger partial charge on any atom is -0.368 e. The fourth-order valence-electron chi connectivity index (χ4n) is 2.35. The van der Waals surface area contributed by atoms with Crippen LogP contribution < -0.4 is 5.32 Å². The quantitative estimate of drug-likeness (QED) is 0.907. The topological polar surface area (TPSA) is 48.7 Å². The molecular formula is C14H19N3S. The molecule has 96 valence electrons. The van der Waals surface area contributed by atoms with Crippen LogP contribution in [0.2, 0.25) is 0 Å². The molecule has 0 spiro atoms. The highest BCUT2D eigenvalue weighted by Crippen LogP contribution is 2.37. The maximum absolute atomic E-state index is 9.21. The van der Waals surface area contributed by atoms with Crippen LogP contribution in [-0.2, 0) is 0 Å². The Kier molecular flexibility index (Phi) is 3.82. The summed E-state index contributed by atoms with van der Waals surface area (Å²) in [6.07, 6.45) is 2.52. The van der Waals surface area contributed by atoms with E-state index in [4.69, 9.17) is 0 Å². The van der Waals surface area contributed by atoms with Crippen molar-refractivity contribution in [3.8, 4) is 6.07 Å². The van der Waals surface area contributed by atoms with Crippen molar-refractivity contribution in [2.45, 2.75) is 38.4 Å². The SMILES string of the molecule is Cc1cc(C)c(C#N)c(NCC2(C)CCCS2)n1. The largest absolute Gasteiger partial charge is 0.368 e. The van der Waals surface area contributed by atoms with E-state index in [1.807, 2.05) is 31.7 Å². The fourth-order valence-corrected chi connectivity index (χ4v) is 3.60. The van der Waals surface area contributed by atoms with Crippen LogP contribution in [0.4, 0.5) is 5.82 Å². The Balaban J connectivity index is 2.16. The third-order valence-corrected chi connectivity index (χ3v) is 4.92. The van der Waals surface area contributed by atoms with Gasteiger partial charge in [-0.25, -0.2) is 4.98 Å². The molecule has 2 rings (SSSR count). The second kappa shape index (κ2) is 5.19. The lowest BCUT2D eigenvalue weighted by atomic mass is 10.1. The maximum atomic E-state index is 9.21. The van der Waals surface area contributed by atoms with Gasteiger partial charge in [-0.2, -0.15) is 17.0 Å². The molecule has 0 saturated carbocycles. The molecule has 0 amide bonds. The first-order chi connectivity index (χ1) is 8.54. The third kappa shape index (κ3) is 2.78. The molecule has 1 fully saturated rings. The van der Waals surface area contributed by atoms with Crippen LogP contribution >= 0.6 is 11.8 Å². The van der Waals surface area contributed by atoms with Gasteiger partial charge in [0.15, 0.2) is 0 Å². The molecule has 2 heterocycles. The summed E-state index contributed by atoms with van der Waals surface area (Å²) in [5.41, 5.74) is 2.63. The number of hydrogen-bond donors (Lipinski definition) is 1. The molecule has 18 heavy (non-hydrogen) atoms. The first-order valence-corrected chi connectivity index (χ1v) is 7.29. The van der Waals surface area contributed by atoms with Crippen LogP contribution in [0.5, 0.6) is 0 Å². The molecule has 1 aromatic rings. The Morgan fingerprint density at radius 1 is 1.56 bits per heavy atom. The van der Waals surface area contributed by atoms with Gasteiger partial charge in [-0.15, -0.1) is 0 Å². The fraction of sp³-hybridized carbons (Fsp3) is 0.571. The average molecular weight is 261 g/mol. The Bertz CT molecular complexity index is 485. The molecule has 0 aliphatic carbocycles. The highest BCUT2D eigenvalue weighted by atomic mass is 32.2. The Labute approximate surface area is 113 Å². The smallest absolute Gasteiger partial charge is 0.144 e. The van der Waals surface area contributed by atoms with E-state index in [1.54, 1.807) is 0 Å². The maximum Gasteiger partial charge on any atom is 0.144 e. The molecule has 1 aliphatic rings. The van der Waals surface area contributed by atoms with E-state index in [9.17, 15) is 5.26 Å². The molecule has 0 bridgehead atoms. The van der Waals surface area contributed by atoms with Crippen molar-refractivity contribution in [3.05, 3.63) is 22.9 Å². The lowest BCUT2D eigenvalue weighted by Crippen LogP contribution is -2.27. The highest BCUT2D eigenvalue weighted by molar-refractivity contribution is 8.00. The summed E-state index contributed by atoms with van der Waals surface area (Å²) in [6.45, 7) is 7.09. The van der Waals surface area contributed by atoms with Gasteiger partial charge < -0.3 is 5.32 Å². The van der Waals surface area contributed by atoms with Gasteiger partial charge in [0.1, 0.15) is 11.9 Å². The standard InChI is InChI=1S/C14H19N3S/c1-10-7-11(2)17-13(12(10)8-15)16-9-14(3)5-4-6-18-14/h7H,4-6,9H2,1-3H3,(H,16,17). The number of nitriles is 1. The summed E-state index contributed by atoms with van der Waals surface area (Å²) in [7, 11) is 0. The second-order valence-electron chi connectivity index (χ2n) is 5.17. The molecule has 3 nitrogen and oxygen atoms in total. The zero-order valence-electron chi connectivity index (χ0n) is 11.2. The molecule has 1 N–H and O–H groups in total. The lowest BCUT2D eigenvalue weighted by Gasteiger charge is -2.23. The predicted octanol–water partition coefficient (Wildman–Crippen LogP) is 3.27.